The Hall–Kier alpha value is -0.160. The van der Waals surface area contributed by atoms with Gasteiger partial charge < -0.3 is 10.5 Å². The third-order valence-corrected chi connectivity index (χ3v) is 2.62. The Bertz CT molecular complexity index is 144. The van der Waals surface area contributed by atoms with Gasteiger partial charge in [-0.05, 0) is 6.92 Å². The van der Waals surface area contributed by atoms with Gasteiger partial charge in [-0.1, -0.05) is 0 Å². The largest absolute Gasteiger partial charge is 0.383 e. The number of rotatable bonds is 5. The summed E-state index contributed by atoms with van der Waals surface area (Å²) in [6.45, 7) is 9.58. The summed E-state index contributed by atoms with van der Waals surface area (Å²) in [6.07, 6.45) is 0. The molecule has 0 saturated carbocycles. The Morgan fingerprint density at radius 3 is 2.29 bits per heavy atom. The Balaban J connectivity index is 2.11. The molecule has 4 heteroatoms. The summed E-state index contributed by atoms with van der Waals surface area (Å²) < 4.78 is 5.06. The van der Waals surface area contributed by atoms with Crippen molar-refractivity contribution in [3.63, 3.8) is 0 Å². The van der Waals surface area contributed by atoms with E-state index in [1.807, 2.05) is 0 Å². The molecule has 4 nitrogen and oxygen atoms in total. The van der Waals surface area contributed by atoms with Crippen LogP contribution in [0.15, 0.2) is 0 Å². The van der Waals surface area contributed by atoms with Gasteiger partial charge in [-0.3, -0.25) is 9.80 Å². The normalized spacial score (nSPS) is 22.5. The van der Waals surface area contributed by atoms with E-state index in [1.54, 1.807) is 7.11 Å². The third kappa shape index (κ3) is 4.37. The van der Waals surface area contributed by atoms with Crippen LogP contribution in [0.4, 0.5) is 0 Å². The molecule has 2 N–H and O–H groups in total. The Kier molecular flexibility index (Phi) is 5.40. The molecule has 0 aromatic rings. The van der Waals surface area contributed by atoms with Crippen LogP contribution >= 0.6 is 0 Å². The van der Waals surface area contributed by atoms with E-state index in [-0.39, 0.29) is 0 Å². The first kappa shape index (κ1) is 11.9. The van der Waals surface area contributed by atoms with Gasteiger partial charge in [0.25, 0.3) is 0 Å². The summed E-state index contributed by atoms with van der Waals surface area (Å²) in [5.74, 6) is 0. The molecule has 0 aromatic heterocycles. The Morgan fingerprint density at radius 2 is 1.79 bits per heavy atom. The maximum absolute atomic E-state index is 5.76. The lowest BCUT2D eigenvalue weighted by Crippen LogP contribution is -2.49. The van der Waals surface area contributed by atoms with E-state index in [4.69, 9.17) is 10.5 Å². The van der Waals surface area contributed by atoms with Gasteiger partial charge in [0.15, 0.2) is 0 Å². The van der Waals surface area contributed by atoms with Crippen LogP contribution in [0.2, 0.25) is 0 Å². The van der Waals surface area contributed by atoms with E-state index in [2.05, 4.69) is 16.7 Å². The van der Waals surface area contributed by atoms with Crippen LogP contribution in [-0.4, -0.2) is 68.8 Å². The monoisotopic (exact) mass is 201 g/mol. The SMILES string of the molecule is COCCN1CCN(CC(C)N)CC1. The Morgan fingerprint density at radius 1 is 1.21 bits per heavy atom. The molecule has 0 bridgehead atoms. The van der Waals surface area contributed by atoms with Crippen molar-refractivity contribution in [1.29, 1.82) is 0 Å². The highest BCUT2D eigenvalue weighted by Gasteiger charge is 2.16. The second-order valence-electron chi connectivity index (χ2n) is 4.11. The number of methoxy groups -OCH3 is 1. The van der Waals surface area contributed by atoms with Crippen LogP contribution in [0.3, 0.4) is 0 Å². The Labute approximate surface area is 87.0 Å². The zero-order valence-electron chi connectivity index (χ0n) is 9.41. The van der Waals surface area contributed by atoms with Crippen LogP contribution in [-0.2, 0) is 4.74 Å². The maximum atomic E-state index is 5.76. The minimum Gasteiger partial charge on any atom is -0.383 e. The second kappa shape index (κ2) is 6.35. The van der Waals surface area contributed by atoms with Gasteiger partial charge >= 0.3 is 0 Å². The molecule has 1 fully saturated rings. The molecule has 0 spiro atoms. The summed E-state index contributed by atoms with van der Waals surface area (Å²) in [4.78, 5) is 4.88. The zero-order chi connectivity index (χ0) is 10.4. The van der Waals surface area contributed by atoms with Gasteiger partial charge in [0.1, 0.15) is 0 Å². The van der Waals surface area contributed by atoms with Gasteiger partial charge in [-0.25, -0.2) is 0 Å². The highest BCUT2D eigenvalue weighted by molar-refractivity contribution is 4.73. The average Bonchev–Trinajstić information content (AvgIpc) is 2.16. The van der Waals surface area contributed by atoms with Crippen molar-refractivity contribution >= 4 is 0 Å². The highest BCUT2D eigenvalue weighted by Crippen LogP contribution is 2.01. The van der Waals surface area contributed by atoms with Crippen LogP contribution < -0.4 is 5.73 Å². The number of piperazine rings is 1. The molecule has 0 aliphatic carbocycles. The van der Waals surface area contributed by atoms with Crippen molar-refractivity contribution in [1.82, 2.24) is 9.80 Å². The fourth-order valence-corrected chi connectivity index (χ4v) is 1.82. The summed E-state index contributed by atoms with van der Waals surface area (Å²) in [7, 11) is 1.76. The van der Waals surface area contributed by atoms with Crippen molar-refractivity contribution in [2.75, 3.05) is 53.0 Å². The highest BCUT2D eigenvalue weighted by atomic mass is 16.5. The molecule has 1 rings (SSSR count). The molecular formula is C10H23N3O. The van der Waals surface area contributed by atoms with Crippen LogP contribution in [0, 0.1) is 0 Å². The average molecular weight is 201 g/mol. The van der Waals surface area contributed by atoms with Crippen molar-refractivity contribution in [3.8, 4) is 0 Å². The lowest BCUT2D eigenvalue weighted by Gasteiger charge is -2.35. The van der Waals surface area contributed by atoms with Crippen LogP contribution in [0.5, 0.6) is 0 Å². The second-order valence-corrected chi connectivity index (χ2v) is 4.11. The first-order valence-electron chi connectivity index (χ1n) is 5.41. The molecule has 14 heavy (non-hydrogen) atoms. The number of hydrogen-bond donors (Lipinski definition) is 1. The molecule has 0 radical (unpaired) electrons. The fraction of sp³-hybridized carbons (Fsp3) is 1.00. The van der Waals surface area contributed by atoms with E-state index in [0.29, 0.717) is 6.04 Å². The number of nitrogens with two attached hydrogens (primary N) is 1. The number of hydrogen-bond acceptors (Lipinski definition) is 4. The van der Waals surface area contributed by atoms with E-state index in [0.717, 1.165) is 45.9 Å². The first-order valence-corrected chi connectivity index (χ1v) is 5.41. The minimum atomic E-state index is 0.292. The van der Waals surface area contributed by atoms with Crippen molar-refractivity contribution in [2.45, 2.75) is 13.0 Å². The smallest absolute Gasteiger partial charge is 0.0589 e. The predicted molar refractivity (Wildman–Crippen MR) is 58.4 cm³/mol. The molecule has 1 unspecified atom stereocenters. The molecule has 1 aliphatic rings. The molecule has 0 aromatic carbocycles. The standard InChI is InChI=1S/C10H23N3O/c1-10(11)9-13-5-3-12(4-6-13)7-8-14-2/h10H,3-9,11H2,1-2H3. The van der Waals surface area contributed by atoms with Crippen LogP contribution in [0.25, 0.3) is 0 Å². The quantitative estimate of drug-likeness (QED) is 0.657. The molecule has 1 aliphatic heterocycles. The lowest BCUT2D eigenvalue weighted by atomic mass is 10.2. The van der Waals surface area contributed by atoms with Gasteiger partial charge in [0.2, 0.25) is 0 Å². The zero-order valence-corrected chi connectivity index (χ0v) is 9.41. The fourth-order valence-electron chi connectivity index (χ4n) is 1.82. The maximum Gasteiger partial charge on any atom is 0.0589 e. The molecule has 84 valence electrons. The summed E-state index contributed by atoms with van der Waals surface area (Å²) in [5.41, 5.74) is 5.76. The van der Waals surface area contributed by atoms with Crippen molar-refractivity contribution in [2.24, 2.45) is 5.73 Å². The topological polar surface area (TPSA) is 41.7 Å². The van der Waals surface area contributed by atoms with Crippen molar-refractivity contribution in [3.05, 3.63) is 0 Å². The van der Waals surface area contributed by atoms with Gasteiger partial charge in [0, 0.05) is 52.4 Å². The molecular weight excluding hydrogens is 178 g/mol. The number of ether oxygens (including phenoxy) is 1. The number of nitrogens with zero attached hydrogens (tertiary/aromatic N) is 2. The van der Waals surface area contributed by atoms with Gasteiger partial charge in [-0.15, -0.1) is 0 Å². The summed E-state index contributed by atoms with van der Waals surface area (Å²) >= 11 is 0. The van der Waals surface area contributed by atoms with Crippen molar-refractivity contribution < 1.29 is 4.74 Å². The van der Waals surface area contributed by atoms with Crippen LogP contribution in [0.1, 0.15) is 6.92 Å². The molecule has 1 atom stereocenters. The predicted octanol–water partition coefficient (Wildman–Crippen LogP) is -0.402. The first-order chi connectivity index (χ1) is 6.72. The summed E-state index contributed by atoms with van der Waals surface area (Å²) in [5, 5.41) is 0. The van der Waals surface area contributed by atoms with E-state index in [9.17, 15) is 0 Å². The molecule has 1 saturated heterocycles. The molecule has 1 heterocycles. The summed E-state index contributed by atoms with van der Waals surface area (Å²) in [6, 6.07) is 0.292. The van der Waals surface area contributed by atoms with Gasteiger partial charge in [0.05, 0.1) is 6.61 Å². The lowest BCUT2D eigenvalue weighted by molar-refractivity contribution is 0.0950. The molecule has 0 amide bonds. The minimum absolute atomic E-state index is 0.292. The third-order valence-electron chi connectivity index (χ3n) is 2.62. The van der Waals surface area contributed by atoms with Gasteiger partial charge in [-0.2, -0.15) is 0 Å². The van der Waals surface area contributed by atoms with E-state index >= 15 is 0 Å². The van der Waals surface area contributed by atoms with E-state index < -0.39 is 0 Å². The van der Waals surface area contributed by atoms with E-state index in [1.165, 1.54) is 0 Å².